The van der Waals surface area contributed by atoms with Gasteiger partial charge in [0.2, 0.25) is 0 Å². The number of allylic oxidation sites excluding steroid dienone is 1. The first-order chi connectivity index (χ1) is 5.79. The lowest BCUT2D eigenvalue weighted by Crippen LogP contribution is -2.44. The number of ether oxygens (including phenoxy) is 2. The summed E-state index contributed by atoms with van der Waals surface area (Å²) in [5, 5.41) is 0. The van der Waals surface area contributed by atoms with Crippen molar-refractivity contribution in [2.75, 3.05) is 14.2 Å². The average molecular weight is 186 g/mol. The van der Waals surface area contributed by atoms with Crippen molar-refractivity contribution in [2.45, 2.75) is 40.4 Å². The predicted octanol–water partition coefficient (Wildman–Crippen LogP) is 2.99. The van der Waals surface area contributed by atoms with Gasteiger partial charge in [-0.2, -0.15) is 0 Å². The third-order valence-corrected chi connectivity index (χ3v) is 2.13. The second-order valence-electron chi connectivity index (χ2n) is 4.55. The van der Waals surface area contributed by atoms with Gasteiger partial charge in [0, 0.05) is 19.6 Å². The van der Waals surface area contributed by atoms with Crippen LogP contribution in [0.1, 0.15) is 34.6 Å². The fourth-order valence-corrected chi connectivity index (χ4v) is 1.41. The fourth-order valence-electron chi connectivity index (χ4n) is 1.41. The highest BCUT2D eigenvalue weighted by molar-refractivity contribution is 5.08. The Morgan fingerprint density at radius 1 is 1.00 bits per heavy atom. The molecule has 0 aliphatic carbocycles. The Hall–Kier alpha value is -0.340. The highest BCUT2D eigenvalue weighted by atomic mass is 16.7. The summed E-state index contributed by atoms with van der Waals surface area (Å²) in [6.07, 6.45) is 2.02. The van der Waals surface area contributed by atoms with Crippen LogP contribution in [0.4, 0.5) is 0 Å². The zero-order valence-electron chi connectivity index (χ0n) is 9.89. The molecule has 78 valence electrons. The first-order valence-electron chi connectivity index (χ1n) is 4.55. The molecule has 2 heteroatoms. The highest BCUT2D eigenvalue weighted by Gasteiger charge is 2.40. The lowest BCUT2D eigenvalue weighted by atomic mass is 9.84. The zero-order valence-corrected chi connectivity index (χ0v) is 9.89. The van der Waals surface area contributed by atoms with Gasteiger partial charge >= 0.3 is 0 Å². The van der Waals surface area contributed by atoms with E-state index in [9.17, 15) is 0 Å². The molecule has 0 aliphatic rings. The molecule has 0 N–H and O–H groups in total. The van der Waals surface area contributed by atoms with Crippen LogP contribution in [-0.2, 0) is 9.47 Å². The van der Waals surface area contributed by atoms with E-state index in [1.54, 1.807) is 14.2 Å². The van der Waals surface area contributed by atoms with Crippen LogP contribution in [0.15, 0.2) is 11.6 Å². The molecular weight excluding hydrogens is 164 g/mol. The topological polar surface area (TPSA) is 18.5 Å². The molecule has 0 aromatic carbocycles. The molecule has 0 heterocycles. The van der Waals surface area contributed by atoms with Crippen LogP contribution in [0.25, 0.3) is 0 Å². The molecule has 0 fully saturated rings. The van der Waals surface area contributed by atoms with E-state index in [-0.39, 0.29) is 5.41 Å². The summed E-state index contributed by atoms with van der Waals surface area (Å²) in [7, 11) is 3.35. The van der Waals surface area contributed by atoms with Crippen molar-refractivity contribution >= 4 is 0 Å². The Bertz CT molecular complexity index is 179. The Morgan fingerprint density at radius 2 is 1.38 bits per heavy atom. The van der Waals surface area contributed by atoms with Crippen molar-refractivity contribution in [1.29, 1.82) is 0 Å². The molecule has 0 aromatic rings. The van der Waals surface area contributed by atoms with Gasteiger partial charge in [-0.05, 0) is 19.9 Å². The van der Waals surface area contributed by atoms with Crippen molar-refractivity contribution in [3.8, 4) is 0 Å². The highest BCUT2D eigenvalue weighted by Crippen LogP contribution is 2.35. The normalized spacial score (nSPS) is 12.8. The molecule has 0 saturated heterocycles. The van der Waals surface area contributed by atoms with Crippen LogP contribution in [0.2, 0.25) is 0 Å². The van der Waals surface area contributed by atoms with Gasteiger partial charge in [0.05, 0.1) is 0 Å². The van der Waals surface area contributed by atoms with Crippen LogP contribution in [0.5, 0.6) is 0 Å². The first-order valence-corrected chi connectivity index (χ1v) is 4.55. The number of rotatable bonds is 3. The standard InChI is InChI=1S/C11H22O2/c1-9(2)8-11(12-6,13-7)10(3,4)5/h8H,1-7H3. The minimum Gasteiger partial charge on any atom is -0.349 e. The zero-order chi connectivity index (χ0) is 10.7. The van der Waals surface area contributed by atoms with Crippen LogP contribution in [0, 0.1) is 5.41 Å². The van der Waals surface area contributed by atoms with E-state index >= 15 is 0 Å². The number of hydrogen-bond donors (Lipinski definition) is 0. The molecule has 0 radical (unpaired) electrons. The molecule has 13 heavy (non-hydrogen) atoms. The van der Waals surface area contributed by atoms with Crippen molar-refractivity contribution < 1.29 is 9.47 Å². The quantitative estimate of drug-likeness (QED) is 0.498. The number of methoxy groups -OCH3 is 2. The minimum atomic E-state index is -0.619. The molecule has 0 aromatic heterocycles. The summed E-state index contributed by atoms with van der Waals surface area (Å²) in [5.41, 5.74) is 1.12. The lowest BCUT2D eigenvalue weighted by molar-refractivity contribution is -0.229. The SMILES string of the molecule is COC(C=C(C)C)(OC)C(C)(C)C. The maximum absolute atomic E-state index is 5.46. The van der Waals surface area contributed by atoms with Gasteiger partial charge in [-0.25, -0.2) is 0 Å². The maximum Gasteiger partial charge on any atom is 0.192 e. The molecule has 0 aliphatic heterocycles. The average Bonchev–Trinajstić information content (AvgIpc) is 1.97. The number of hydrogen-bond acceptors (Lipinski definition) is 2. The summed E-state index contributed by atoms with van der Waals surface area (Å²) in [4.78, 5) is 0. The van der Waals surface area contributed by atoms with Crippen LogP contribution in [0.3, 0.4) is 0 Å². The van der Waals surface area contributed by atoms with Crippen molar-refractivity contribution in [1.82, 2.24) is 0 Å². The summed E-state index contributed by atoms with van der Waals surface area (Å²) in [6, 6.07) is 0. The van der Waals surface area contributed by atoms with Crippen molar-refractivity contribution in [3.05, 3.63) is 11.6 Å². The molecule has 0 rings (SSSR count). The van der Waals surface area contributed by atoms with E-state index in [2.05, 4.69) is 20.8 Å². The molecule has 0 atom stereocenters. The lowest BCUT2D eigenvalue weighted by Gasteiger charge is -2.40. The van der Waals surface area contributed by atoms with Gasteiger partial charge in [-0.3, -0.25) is 0 Å². The first kappa shape index (κ1) is 12.7. The van der Waals surface area contributed by atoms with Crippen molar-refractivity contribution in [3.63, 3.8) is 0 Å². The molecule has 0 spiro atoms. The largest absolute Gasteiger partial charge is 0.349 e. The molecular formula is C11H22O2. The monoisotopic (exact) mass is 186 g/mol. The summed E-state index contributed by atoms with van der Waals surface area (Å²) in [6.45, 7) is 10.4. The second-order valence-corrected chi connectivity index (χ2v) is 4.55. The fraction of sp³-hybridized carbons (Fsp3) is 0.818. The van der Waals surface area contributed by atoms with Gasteiger partial charge < -0.3 is 9.47 Å². The van der Waals surface area contributed by atoms with E-state index in [4.69, 9.17) is 9.47 Å². The van der Waals surface area contributed by atoms with Gasteiger partial charge in [0.25, 0.3) is 0 Å². The van der Waals surface area contributed by atoms with E-state index in [1.165, 1.54) is 5.57 Å². The van der Waals surface area contributed by atoms with E-state index in [0.717, 1.165) is 0 Å². The van der Waals surface area contributed by atoms with Gasteiger partial charge in [0.1, 0.15) is 0 Å². The van der Waals surface area contributed by atoms with E-state index in [0.29, 0.717) is 0 Å². The van der Waals surface area contributed by atoms with E-state index in [1.807, 2.05) is 19.9 Å². The van der Waals surface area contributed by atoms with Gasteiger partial charge in [-0.1, -0.05) is 26.3 Å². The minimum absolute atomic E-state index is 0.0756. The molecule has 0 bridgehead atoms. The Kier molecular flexibility index (Phi) is 4.14. The molecule has 2 nitrogen and oxygen atoms in total. The summed E-state index contributed by atoms with van der Waals surface area (Å²) in [5.74, 6) is -0.619. The summed E-state index contributed by atoms with van der Waals surface area (Å²) >= 11 is 0. The Labute approximate surface area is 81.9 Å². The Balaban J connectivity index is 5.05. The third kappa shape index (κ3) is 2.82. The molecule has 0 amide bonds. The van der Waals surface area contributed by atoms with Crippen LogP contribution >= 0.6 is 0 Å². The maximum atomic E-state index is 5.46. The van der Waals surface area contributed by atoms with Crippen LogP contribution < -0.4 is 0 Å². The smallest absolute Gasteiger partial charge is 0.192 e. The van der Waals surface area contributed by atoms with Crippen LogP contribution in [-0.4, -0.2) is 20.0 Å². The predicted molar refractivity (Wildman–Crippen MR) is 55.6 cm³/mol. The third-order valence-electron chi connectivity index (χ3n) is 2.13. The van der Waals surface area contributed by atoms with Crippen molar-refractivity contribution in [2.24, 2.45) is 5.41 Å². The molecule has 0 saturated carbocycles. The Morgan fingerprint density at radius 3 is 1.46 bits per heavy atom. The van der Waals surface area contributed by atoms with Gasteiger partial charge in [-0.15, -0.1) is 0 Å². The second kappa shape index (κ2) is 4.25. The van der Waals surface area contributed by atoms with Gasteiger partial charge in [0.15, 0.2) is 5.79 Å². The summed E-state index contributed by atoms with van der Waals surface area (Å²) < 4.78 is 10.9. The van der Waals surface area contributed by atoms with E-state index < -0.39 is 5.79 Å². The molecule has 0 unspecified atom stereocenters.